The van der Waals surface area contributed by atoms with Crippen LogP contribution in [0.15, 0.2) is 5.16 Å². The lowest BCUT2D eigenvalue weighted by Gasteiger charge is -1.98. The highest BCUT2D eigenvalue weighted by molar-refractivity contribution is 7.85. The summed E-state index contributed by atoms with van der Waals surface area (Å²) in [5.41, 5.74) is 0. The summed E-state index contributed by atoms with van der Waals surface area (Å²) in [6.45, 7) is 0.311. The molecule has 13 heavy (non-hydrogen) atoms. The fraction of sp³-hybridized carbons (Fsp3) is 0.750. The molecule has 0 atom stereocenters. The molecule has 0 spiro atoms. The molecule has 0 amide bonds. The van der Waals surface area contributed by atoms with E-state index in [0.717, 1.165) is 0 Å². The van der Waals surface area contributed by atoms with E-state index in [0.29, 0.717) is 11.7 Å². The fourth-order valence-electron chi connectivity index (χ4n) is 0.741. The summed E-state index contributed by atoms with van der Waals surface area (Å²) < 4.78 is 30.4. The normalized spacial score (nSPS) is 11.8. The predicted molar refractivity (Wildman–Crippen MR) is 46.1 cm³/mol. The van der Waals surface area contributed by atoms with Crippen LogP contribution in [-0.2, 0) is 16.7 Å². The maximum absolute atomic E-state index is 10.3. The van der Waals surface area contributed by atoms with E-state index in [-0.39, 0.29) is 12.2 Å². The van der Waals surface area contributed by atoms with Crippen molar-refractivity contribution in [1.82, 2.24) is 20.2 Å². The molecule has 0 unspecified atom stereocenters. The molecule has 0 bridgehead atoms. The Kier molecular flexibility index (Phi) is 3.22. The van der Waals surface area contributed by atoms with E-state index in [9.17, 15) is 8.42 Å². The zero-order valence-corrected chi connectivity index (χ0v) is 8.24. The molecule has 0 saturated heterocycles. The summed E-state index contributed by atoms with van der Waals surface area (Å²) in [5.74, 6) is -0.305. The summed E-state index contributed by atoms with van der Waals surface area (Å²) in [6.07, 6.45) is 0.247. The Hall–Kier alpha value is -0.670. The number of hydrogen-bond donors (Lipinski definition) is 2. The van der Waals surface area contributed by atoms with Gasteiger partial charge in [-0.15, -0.1) is 17.7 Å². The molecular weight excluding hydrogens is 216 g/mol. The van der Waals surface area contributed by atoms with E-state index in [1.807, 2.05) is 0 Å². The Balaban J connectivity index is 2.41. The number of hydrogen-bond acceptors (Lipinski definition) is 6. The van der Waals surface area contributed by atoms with Crippen LogP contribution >= 0.6 is 12.6 Å². The van der Waals surface area contributed by atoms with Gasteiger partial charge in [-0.1, -0.05) is 0 Å². The molecular formula is C4H8N4O3S2. The van der Waals surface area contributed by atoms with E-state index < -0.39 is 10.1 Å². The number of tetrazole rings is 1. The third kappa shape index (κ3) is 3.70. The minimum atomic E-state index is -3.90. The molecule has 0 saturated carbocycles. The van der Waals surface area contributed by atoms with E-state index in [1.165, 1.54) is 4.68 Å². The van der Waals surface area contributed by atoms with Crippen molar-refractivity contribution >= 4 is 22.7 Å². The first-order valence-electron chi connectivity index (χ1n) is 3.39. The van der Waals surface area contributed by atoms with Gasteiger partial charge in [0.25, 0.3) is 10.1 Å². The van der Waals surface area contributed by atoms with Gasteiger partial charge in [-0.05, 0) is 16.8 Å². The second kappa shape index (κ2) is 4.03. The van der Waals surface area contributed by atoms with Crippen LogP contribution in [0.4, 0.5) is 0 Å². The third-order valence-electron chi connectivity index (χ3n) is 1.29. The minimum Gasteiger partial charge on any atom is -0.286 e. The average molecular weight is 224 g/mol. The molecule has 0 aromatic carbocycles. The average Bonchev–Trinajstić information content (AvgIpc) is 2.34. The summed E-state index contributed by atoms with van der Waals surface area (Å²) in [6, 6.07) is 0. The molecule has 0 aliphatic rings. The van der Waals surface area contributed by atoms with Crippen molar-refractivity contribution in [2.45, 2.75) is 18.1 Å². The second-order valence-corrected chi connectivity index (χ2v) is 4.31. The van der Waals surface area contributed by atoms with Crippen molar-refractivity contribution in [3.05, 3.63) is 0 Å². The zero-order chi connectivity index (χ0) is 9.90. The molecule has 0 aliphatic carbocycles. The maximum Gasteiger partial charge on any atom is 0.264 e. The second-order valence-electron chi connectivity index (χ2n) is 2.34. The molecule has 1 aromatic rings. The molecule has 1 aromatic heterocycles. The minimum absolute atomic E-state index is 0.247. The van der Waals surface area contributed by atoms with Crippen molar-refractivity contribution < 1.29 is 13.0 Å². The van der Waals surface area contributed by atoms with Crippen LogP contribution < -0.4 is 0 Å². The summed E-state index contributed by atoms with van der Waals surface area (Å²) in [4.78, 5) is 0. The van der Waals surface area contributed by atoms with Gasteiger partial charge >= 0.3 is 0 Å². The highest BCUT2D eigenvalue weighted by Crippen LogP contribution is 1.99. The van der Waals surface area contributed by atoms with Gasteiger partial charge in [-0.25, -0.2) is 4.68 Å². The maximum atomic E-state index is 10.3. The molecule has 1 N–H and O–H groups in total. The lowest BCUT2D eigenvalue weighted by Crippen LogP contribution is -2.09. The van der Waals surface area contributed by atoms with Gasteiger partial charge in [0, 0.05) is 6.54 Å². The molecule has 0 aliphatic heterocycles. The van der Waals surface area contributed by atoms with Crippen molar-refractivity contribution in [3.63, 3.8) is 0 Å². The van der Waals surface area contributed by atoms with Crippen LogP contribution in [0.2, 0.25) is 0 Å². The van der Waals surface area contributed by atoms with Crippen molar-refractivity contribution in [2.24, 2.45) is 0 Å². The molecule has 74 valence electrons. The molecule has 0 radical (unpaired) electrons. The highest BCUT2D eigenvalue weighted by atomic mass is 32.2. The molecule has 1 rings (SSSR count). The number of rotatable bonds is 4. The Labute approximate surface area is 80.3 Å². The number of nitrogens with zero attached hydrogens (tertiary/aromatic N) is 4. The van der Waals surface area contributed by atoms with E-state index >= 15 is 0 Å². The first kappa shape index (κ1) is 10.4. The lowest BCUT2D eigenvalue weighted by atomic mass is 10.5. The molecule has 9 heteroatoms. The molecule has 1 heterocycles. The molecule has 0 fully saturated rings. The van der Waals surface area contributed by atoms with Gasteiger partial charge in [0.2, 0.25) is 5.16 Å². The largest absolute Gasteiger partial charge is 0.286 e. The van der Waals surface area contributed by atoms with E-state index in [2.05, 4.69) is 28.2 Å². The topological polar surface area (TPSA) is 98.0 Å². The van der Waals surface area contributed by atoms with Crippen LogP contribution in [0.5, 0.6) is 0 Å². The SMILES string of the molecule is O=S(=O)(O)CCCn1nnnc1S. The van der Waals surface area contributed by atoms with Crippen LogP contribution in [0.25, 0.3) is 0 Å². The zero-order valence-electron chi connectivity index (χ0n) is 6.53. The molecule has 7 nitrogen and oxygen atoms in total. The van der Waals surface area contributed by atoms with Gasteiger partial charge in [0.15, 0.2) is 0 Å². The van der Waals surface area contributed by atoms with Gasteiger partial charge < -0.3 is 0 Å². The standard InChI is InChI=1S/C4H8N4O3S2/c9-13(10,11)3-1-2-8-4(12)5-6-7-8/h1-3H2,(H,5,7,12)(H,9,10,11). The van der Waals surface area contributed by atoms with Crippen molar-refractivity contribution in [3.8, 4) is 0 Å². The Morgan fingerprint density at radius 3 is 2.69 bits per heavy atom. The first-order valence-corrected chi connectivity index (χ1v) is 5.45. The summed E-state index contributed by atoms with van der Waals surface area (Å²) in [5, 5.41) is 10.7. The van der Waals surface area contributed by atoms with E-state index in [4.69, 9.17) is 4.55 Å². The van der Waals surface area contributed by atoms with E-state index in [1.54, 1.807) is 0 Å². The third-order valence-corrected chi connectivity index (χ3v) is 2.41. The lowest BCUT2D eigenvalue weighted by molar-refractivity contribution is 0.472. The predicted octanol–water partition coefficient (Wildman–Crippen LogP) is -0.760. The first-order chi connectivity index (χ1) is 5.99. The monoisotopic (exact) mass is 224 g/mol. The number of aromatic nitrogens is 4. The number of aryl methyl sites for hydroxylation is 1. The summed E-state index contributed by atoms with van der Waals surface area (Å²) in [7, 11) is -3.90. The van der Waals surface area contributed by atoms with Crippen LogP contribution in [0, 0.1) is 0 Å². The van der Waals surface area contributed by atoms with Crippen LogP contribution in [0.1, 0.15) is 6.42 Å². The summed E-state index contributed by atoms with van der Waals surface area (Å²) >= 11 is 3.91. The Bertz CT molecular complexity index is 372. The van der Waals surface area contributed by atoms with Crippen LogP contribution in [-0.4, -0.2) is 38.9 Å². The van der Waals surface area contributed by atoms with Gasteiger partial charge in [0.05, 0.1) is 5.75 Å². The Morgan fingerprint density at radius 1 is 1.54 bits per heavy atom. The van der Waals surface area contributed by atoms with Gasteiger partial charge in [0.1, 0.15) is 0 Å². The van der Waals surface area contributed by atoms with Gasteiger partial charge in [-0.3, -0.25) is 4.55 Å². The highest BCUT2D eigenvalue weighted by Gasteiger charge is 2.06. The quantitative estimate of drug-likeness (QED) is 0.515. The smallest absolute Gasteiger partial charge is 0.264 e. The van der Waals surface area contributed by atoms with Gasteiger partial charge in [-0.2, -0.15) is 8.42 Å². The van der Waals surface area contributed by atoms with Crippen molar-refractivity contribution in [1.29, 1.82) is 0 Å². The van der Waals surface area contributed by atoms with Crippen molar-refractivity contribution in [2.75, 3.05) is 5.75 Å². The van der Waals surface area contributed by atoms with Crippen LogP contribution in [0.3, 0.4) is 0 Å². The fourth-order valence-corrected chi connectivity index (χ4v) is 1.42. The number of thiol groups is 1. The Morgan fingerprint density at radius 2 is 2.23 bits per heavy atom.